The molecule has 3 atom stereocenters. The molecule has 2 aromatic carbocycles. The first-order chi connectivity index (χ1) is 21.7. The molecule has 1 aromatic heterocycles. The van der Waals surface area contributed by atoms with E-state index < -0.39 is 41.1 Å². The summed E-state index contributed by atoms with van der Waals surface area (Å²) in [6, 6.07) is 17.4. The molecule has 11 nitrogen and oxygen atoms in total. The summed E-state index contributed by atoms with van der Waals surface area (Å²) in [4.78, 5) is 59.6. The summed E-state index contributed by atoms with van der Waals surface area (Å²) in [6.45, 7) is 11.3. The molecule has 3 N–H and O–H groups in total. The van der Waals surface area contributed by atoms with Gasteiger partial charge in [-0.05, 0) is 65.5 Å². The third-order valence-corrected chi connectivity index (χ3v) is 7.79. The summed E-state index contributed by atoms with van der Waals surface area (Å²) in [5.41, 5.74) is 0.643. The molecule has 1 aliphatic heterocycles. The van der Waals surface area contributed by atoms with Gasteiger partial charge in [0.05, 0.1) is 18.1 Å². The molecule has 46 heavy (non-hydrogen) atoms. The van der Waals surface area contributed by atoms with Crippen LogP contribution >= 0.6 is 0 Å². The zero-order valence-corrected chi connectivity index (χ0v) is 27.6. The van der Waals surface area contributed by atoms with Crippen molar-refractivity contribution in [3.8, 4) is 0 Å². The second-order valence-corrected chi connectivity index (χ2v) is 13.3. The Morgan fingerprint density at radius 3 is 2.26 bits per heavy atom. The van der Waals surface area contributed by atoms with Crippen LogP contribution in [-0.2, 0) is 32.1 Å². The van der Waals surface area contributed by atoms with E-state index >= 15 is 0 Å². The standard InChI is InChI=1S/C35H46N6O5/c1-24(26-16-11-8-12-17-26)37-32(44)35(5,6)39-30(42)29-18-13-19-41(29)31(43)28(38-33(45)46-34(2,3)4)20-27-22-40(23-36-27)21-25-14-9-7-10-15-25/h7-12,14-17,22-24,28-29H,13,18-21H2,1-6H3,(H,37,44)(H,38,45)(H,39,42)/t24-,28+,29+/m1/s1. The topological polar surface area (TPSA) is 135 Å². The summed E-state index contributed by atoms with van der Waals surface area (Å²) < 4.78 is 7.38. The van der Waals surface area contributed by atoms with E-state index in [2.05, 4.69) is 20.9 Å². The van der Waals surface area contributed by atoms with Gasteiger partial charge in [0.1, 0.15) is 23.2 Å². The van der Waals surface area contributed by atoms with Crippen LogP contribution < -0.4 is 16.0 Å². The average Bonchev–Trinajstić information content (AvgIpc) is 3.66. The Morgan fingerprint density at radius 2 is 1.61 bits per heavy atom. The molecule has 1 fully saturated rings. The van der Waals surface area contributed by atoms with Crippen molar-refractivity contribution in [3.63, 3.8) is 0 Å². The molecular formula is C35H46N6O5. The fourth-order valence-electron chi connectivity index (χ4n) is 5.40. The number of carbonyl (C=O) groups excluding carboxylic acids is 4. The monoisotopic (exact) mass is 630 g/mol. The van der Waals surface area contributed by atoms with Crippen molar-refractivity contribution in [1.82, 2.24) is 30.4 Å². The molecule has 1 aliphatic rings. The van der Waals surface area contributed by atoms with Crippen LogP contribution in [0.3, 0.4) is 0 Å². The van der Waals surface area contributed by atoms with Gasteiger partial charge in [-0.1, -0.05) is 60.7 Å². The SMILES string of the molecule is C[C@@H](NC(=O)C(C)(C)NC(=O)[C@@H]1CCCN1C(=O)[C@H](Cc1cn(Cc2ccccc2)cn1)NC(=O)OC(C)(C)C)c1ccccc1. The molecule has 1 saturated heterocycles. The summed E-state index contributed by atoms with van der Waals surface area (Å²) in [5, 5.41) is 8.54. The lowest BCUT2D eigenvalue weighted by atomic mass is 10.0. The maximum Gasteiger partial charge on any atom is 0.408 e. The number of carbonyl (C=O) groups is 4. The molecule has 0 bridgehead atoms. The second-order valence-electron chi connectivity index (χ2n) is 13.3. The second kappa shape index (κ2) is 14.6. The van der Waals surface area contributed by atoms with Gasteiger partial charge >= 0.3 is 6.09 Å². The third kappa shape index (κ3) is 9.42. The van der Waals surface area contributed by atoms with E-state index in [1.54, 1.807) is 40.9 Å². The fraction of sp³-hybridized carbons (Fsp3) is 0.457. The van der Waals surface area contributed by atoms with E-state index in [1.165, 1.54) is 4.90 Å². The number of imidazole rings is 1. The number of hydrogen-bond donors (Lipinski definition) is 3. The van der Waals surface area contributed by atoms with Gasteiger partial charge in [-0.25, -0.2) is 9.78 Å². The fourth-order valence-corrected chi connectivity index (χ4v) is 5.40. The van der Waals surface area contributed by atoms with E-state index in [4.69, 9.17) is 4.74 Å². The van der Waals surface area contributed by atoms with Gasteiger partial charge in [-0.2, -0.15) is 0 Å². The molecule has 11 heteroatoms. The predicted molar refractivity (Wildman–Crippen MR) is 175 cm³/mol. The number of hydrogen-bond acceptors (Lipinski definition) is 6. The van der Waals surface area contributed by atoms with E-state index in [1.807, 2.05) is 78.4 Å². The average molecular weight is 631 g/mol. The highest BCUT2D eigenvalue weighted by Crippen LogP contribution is 2.22. The molecule has 0 radical (unpaired) electrons. The molecule has 3 aromatic rings. The summed E-state index contributed by atoms with van der Waals surface area (Å²) in [7, 11) is 0. The van der Waals surface area contributed by atoms with Gasteiger partial charge < -0.3 is 30.2 Å². The Balaban J connectivity index is 1.46. The Hall–Kier alpha value is -4.67. The van der Waals surface area contributed by atoms with E-state index in [0.29, 0.717) is 31.6 Å². The van der Waals surface area contributed by atoms with Crippen LogP contribution in [-0.4, -0.2) is 68.0 Å². The van der Waals surface area contributed by atoms with Crippen LogP contribution in [0.15, 0.2) is 73.2 Å². The van der Waals surface area contributed by atoms with E-state index in [-0.39, 0.29) is 18.4 Å². The number of benzene rings is 2. The molecule has 0 saturated carbocycles. The van der Waals surface area contributed by atoms with E-state index in [0.717, 1.165) is 11.1 Å². The molecular weight excluding hydrogens is 584 g/mol. The molecule has 0 spiro atoms. The summed E-state index contributed by atoms with van der Waals surface area (Å²) in [6.07, 6.45) is 3.94. The molecule has 4 rings (SSSR count). The summed E-state index contributed by atoms with van der Waals surface area (Å²) in [5.74, 6) is -1.19. The highest BCUT2D eigenvalue weighted by atomic mass is 16.6. The molecule has 246 valence electrons. The number of alkyl carbamates (subject to hydrolysis) is 1. The third-order valence-electron chi connectivity index (χ3n) is 7.79. The first-order valence-corrected chi connectivity index (χ1v) is 15.7. The van der Waals surface area contributed by atoms with Gasteiger partial charge in [-0.15, -0.1) is 0 Å². The maximum atomic E-state index is 14.0. The Kier molecular flexibility index (Phi) is 10.9. The van der Waals surface area contributed by atoms with Crippen molar-refractivity contribution in [1.29, 1.82) is 0 Å². The minimum Gasteiger partial charge on any atom is -0.444 e. The van der Waals surface area contributed by atoms with Crippen LogP contribution in [0.25, 0.3) is 0 Å². The van der Waals surface area contributed by atoms with Gasteiger partial charge in [0.25, 0.3) is 0 Å². The van der Waals surface area contributed by atoms with Gasteiger partial charge in [-0.3, -0.25) is 14.4 Å². The smallest absolute Gasteiger partial charge is 0.408 e. The Morgan fingerprint density at radius 1 is 0.957 bits per heavy atom. The zero-order valence-electron chi connectivity index (χ0n) is 27.6. The predicted octanol–water partition coefficient (Wildman–Crippen LogP) is 4.13. The number of ether oxygens (including phenoxy) is 1. The van der Waals surface area contributed by atoms with Gasteiger partial charge in [0, 0.05) is 25.7 Å². The van der Waals surface area contributed by atoms with Crippen LogP contribution in [0.2, 0.25) is 0 Å². The van der Waals surface area contributed by atoms with Crippen molar-refractivity contribution in [2.75, 3.05) is 6.54 Å². The zero-order chi connectivity index (χ0) is 33.5. The number of rotatable bonds is 11. The largest absolute Gasteiger partial charge is 0.444 e. The molecule has 2 heterocycles. The number of nitrogens with one attached hydrogen (secondary N) is 3. The highest BCUT2D eigenvalue weighted by molar-refractivity contribution is 5.95. The number of likely N-dealkylation sites (tertiary alicyclic amines) is 1. The lowest BCUT2D eigenvalue weighted by Crippen LogP contribution is -2.60. The normalized spacial score (nSPS) is 16.3. The first kappa shape index (κ1) is 34.2. The first-order valence-electron chi connectivity index (χ1n) is 15.7. The molecule has 0 aliphatic carbocycles. The quantitative estimate of drug-likeness (QED) is 0.292. The lowest BCUT2D eigenvalue weighted by Gasteiger charge is -2.32. The Bertz CT molecular complexity index is 1500. The van der Waals surface area contributed by atoms with Gasteiger partial charge in [0.15, 0.2) is 0 Å². The highest BCUT2D eigenvalue weighted by Gasteiger charge is 2.41. The van der Waals surface area contributed by atoms with Crippen molar-refractivity contribution < 1.29 is 23.9 Å². The molecule has 4 amide bonds. The van der Waals surface area contributed by atoms with Crippen molar-refractivity contribution in [3.05, 3.63) is 90.0 Å². The molecule has 0 unspecified atom stereocenters. The number of nitrogens with zero attached hydrogens (tertiary/aromatic N) is 3. The van der Waals surface area contributed by atoms with Crippen LogP contribution in [0, 0.1) is 0 Å². The minimum absolute atomic E-state index is 0.107. The van der Waals surface area contributed by atoms with Crippen molar-refractivity contribution >= 4 is 23.8 Å². The summed E-state index contributed by atoms with van der Waals surface area (Å²) >= 11 is 0. The number of amides is 4. The van der Waals surface area contributed by atoms with Crippen LogP contribution in [0.1, 0.15) is 77.2 Å². The lowest BCUT2D eigenvalue weighted by molar-refractivity contribution is -0.141. The van der Waals surface area contributed by atoms with Gasteiger partial charge in [0.2, 0.25) is 17.7 Å². The maximum absolute atomic E-state index is 14.0. The minimum atomic E-state index is -1.24. The van der Waals surface area contributed by atoms with Crippen molar-refractivity contribution in [2.24, 2.45) is 0 Å². The number of aromatic nitrogens is 2. The Labute approximate surface area is 271 Å². The van der Waals surface area contributed by atoms with Crippen LogP contribution in [0.4, 0.5) is 4.79 Å². The van der Waals surface area contributed by atoms with E-state index in [9.17, 15) is 19.2 Å². The van der Waals surface area contributed by atoms with Crippen LogP contribution in [0.5, 0.6) is 0 Å². The van der Waals surface area contributed by atoms with Crippen molar-refractivity contribution in [2.45, 2.75) is 96.6 Å².